The molecule has 0 aliphatic heterocycles. The Hall–Kier alpha value is -1.35. The third kappa shape index (κ3) is 4.85. The number of nitrogens with one attached hydrogen (secondary N) is 1. The van der Waals surface area contributed by atoms with Crippen molar-refractivity contribution in [3.63, 3.8) is 0 Å². The first-order valence-corrected chi connectivity index (χ1v) is 8.31. The molecule has 1 aliphatic rings. The van der Waals surface area contributed by atoms with Crippen LogP contribution < -0.4 is 10.2 Å². The van der Waals surface area contributed by atoms with E-state index in [-0.39, 0.29) is 5.91 Å². The van der Waals surface area contributed by atoms with Crippen LogP contribution in [-0.2, 0) is 4.79 Å². The van der Waals surface area contributed by atoms with Crippen molar-refractivity contribution >= 4 is 11.6 Å². The minimum absolute atomic E-state index is 0.214. The second-order valence-electron chi connectivity index (χ2n) is 6.02. The van der Waals surface area contributed by atoms with Gasteiger partial charge in [0.1, 0.15) is 0 Å². The molecule has 1 amide bonds. The molecule has 1 N–H and O–H groups in total. The maximum Gasteiger partial charge on any atom is 0.228 e. The molecule has 1 aromatic rings. The van der Waals surface area contributed by atoms with Gasteiger partial charge in [0.05, 0.1) is 0 Å². The summed E-state index contributed by atoms with van der Waals surface area (Å²) in [7, 11) is 0. The van der Waals surface area contributed by atoms with Gasteiger partial charge in [0.15, 0.2) is 0 Å². The van der Waals surface area contributed by atoms with E-state index in [9.17, 15) is 4.79 Å². The molecule has 1 saturated carbocycles. The molecule has 0 bridgehead atoms. The molecular weight excluding hydrogens is 260 g/mol. The van der Waals surface area contributed by atoms with Crippen LogP contribution in [0.1, 0.15) is 51.0 Å². The van der Waals surface area contributed by atoms with Crippen molar-refractivity contribution in [2.45, 2.75) is 58.4 Å². The van der Waals surface area contributed by atoms with Crippen molar-refractivity contribution in [1.29, 1.82) is 0 Å². The Kier molecular flexibility index (Phi) is 6.24. The number of anilines is 1. The third-order valence-corrected chi connectivity index (χ3v) is 4.31. The summed E-state index contributed by atoms with van der Waals surface area (Å²) in [6.45, 7) is 5.62. The standard InChI is InChI=1S/C18H28N2O/c1-3-20(17-11-7-8-15(2)14-17)18(21)12-13-19-16-9-5-4-6-10-16/h7-8,11,14,16,19H,3-6,9-10,12-13H2,1-2H3. The van der Waals surface area contributed by atoms with E-state index in [0.29, 0.717) is 12.5 Å². The van der Waals surface area contributed by atoms with Gasteiger partial charge in [0.2, 0.25) is 5.91 Å². The van der Waals surface area contributed by atoms with Crippen LogP contribution in [0.15, 0.2) is 24.3 Å². The fourth-order valence-electron chi connectivity index (χ4n) is 3.12. The average molecular weight is 288 g/mol. The Morgan fingerprint density at radius 1 is 1.29 bits per heavy atom. The van der Waals surface area contributed by atoms with Gasteiger partial charge in [0.25, 0.3) is 0 Å². The first kappa shape index (κ1) is 16.0. The van der Waals surface area contributed by atoms with Crippen LogP contribution in [-0.4, -0.2) is 25.0 Å². The van der Waals surface area contributed by atoms with Gasteiger partial charge in [0, 0.05) is 31.2 Å². The van der Waals surface area contributed by atoms with Crippen molar-refractivity contribution in [1.82, 2.24) is 5.32 Å². The zero-order valence-corrected chi connectivity index (χ0v) is 13.4. The number of carbonyl (C=O) groups is 1. The lowest BCUT2D eigenvalue weighted by atomic mass is 9.95. The Bertz CT molecular complexity index is 452. The molecule has 2 rings (SSSR count). The zero-order chi connectivity index (χ0) is 15.1. The predicted octanol–water partition coefficient (Wildman–Crippen LogP) is 3.66. The number of benzene rings is 1. The van der Waals surface area contributed by atoms with E-state index in [2.05, 4.69) is 24.4 Å². The van der Waals surface area contributed by atoms with Crippen molar-refractivity contribution in [2.24, 2.45) is 0 Å². The molecule has 0 spiro atoms. The molecule has 3 heteroatoms. The SMILES string of the molecule is CCN(C(=O)CCNC1CCCCC1)c1cccc(C)c1. The minimum Gasteiger partial charge on any atom is -0.313 e. The first-order chi connectivity index (χ1) is 10.2. The average Bonchev–Trinajstić information content (AvgIpc) is 2.49. The van der Waals surface area contributed by atoms with Crippen LogP contribution in [0.3, 0.4) is 0 Å². The van der Waals surface area contributed by atoms with Crippen LogP contribution >= 0.6 is 0 Å². The molecule has 3 nitrogen and oxygen atoms in total. The highest BCUT2D eigenvalue weighted by atomic mass is 16.2. The summed E-state index contributed by atoms with van der Waals surface area (Å²) in [5, 5.41) is 3.55. The summed E-state index contributed by atoms with van der Waals surface area (Å²) < 4.78 is 0. The fraction of sp³-hybridized carbons (Fsp3) is 0.611. The van der Waals surface area contributed by atoms with Crippen LogP contribution in [0, 0.1) is 6.92 Å². The van der Waals surface area contributed by atoms with Crippen molar-refractivity contribution in [3.8, 4) is 0 Å². The molecule has 1 aromatic carbocycles. The molecule has 0 saturated heterocycles. The maximum atomic E-state index is 12.4. The monoisotopic (exact) mass is 288 g/mol. The van der Waals surface area contributed by atoms with Crippen LogP contribution in [0.25, 0.3) is 0 Å². The van der Waals surface area contributed by atoms with Gasteiger partial charge in [-0.05, 0) is 44.4 Å². The summed E-state index contributed by atoms with van der Waals surface area (Å²) in [4.78, 5) is 14.3. The second kappa shape index (κ2) is 8.18. The van der Waals surface area contributed by atoms with E-state index >= 15 is 0 Å². The largest absolute Gasteiger partial charge is 0.313 e. The Morgan fingerprint density at radius 3 is 2.71 bits per heavy atom. The Labute approximate surface area is 128 Å². The summed E-state index contributed by atoms with van der Waals surface area (Å²) in [6, 6.07) is 8.80. The van der Waals surface area contributed by atoms with Crippen molar-refractivity contribution < 1.29 is 4.79 Å². The lowest BCUT2D eigenvalue weighted by molar-refractivity contribution is -0.118. The van der Waals surface area contributed by atoms with Crippen molar-refractivity contribution in [2.75, 3.05) is 18.0 Å². The van der Waals surface area contributed by atoms with Gasteiger partial charge in [-0.15, -0.1) is 0 Å². The Balaban J connectivity index is 1.82. The number of aryl methyl sites for hydroxylation is 1. The maximum absolute atomic E-state index is 12.4. The number of hydrogen-bond acceptors (Lipinski definition) is 2. The van der Waals surface area contributed by atoms with E-state index in [1.807, 2.05) is 24.0 Å². The molecule has 1 aliphatic carbocycles. The van der Waals surface area contributed by atoms with Gasteiger partial charge in [-0.25, -0.2) is 0 Å². The normalized spacial score (nSPS) is 15.9. The predicted molar refractivity (Wildman–Crippen MR) is 88.7 cm³/mol. The highest BCUT2D eigenvalue weighted by molar-refractivity contribution is 5.93. The third-order valence-electron chi connectivity index (χ3n) is 4.31. The first-order valence-electron chi connectivity index (χ1n) is 8.31. The van der Waals surface area contributed by atoms with E-state index < -0.39 is 0 Å². The van der Waals surface area contributed by atoms with Crippen LogP contribution in [0.2, 0.25) is 0 Å². The number of nitrogens with zero attached hydrogens (tertiary/aromatic N) is 1. The van der Waals surface area contributed by atoms with E-state index in [1.165, 1.54) is 37.7 Å². The lowest BCUT2D eigenvalue weighted by Crippen LogP contribution is -2.36. The van der Waals surface area contributed by atoms with Gasteiger partial charge in [-0.1, -0.05) is 31.4 Å². The molecule has 21 heavy (non-hydrogen) atoms. The van der Waals surface area contributed by atoms with Gasteiger partial charge in [-0.2, -0.15) is 0 Å². The van der Waals surface area contributed by atoms with Gasteiger partial charge >= 0.3 is 0 Å². The molecule has 0 aromatic heterocycles. The summed E-state index contributed by atoms with van der Waals surface area (Å²) in [5.41, 5.74) is 2.21. The molecular formula is C18H28N2O. The summed E-state index contributed by atoms with van der Waals surface area (Å²) >= 11 is 0. The van der Waals surface area contributed by atoms with Crippen LogP contribution in [0.4, 0.5) is 5.69 Å². The summed E-state index contributed by atoms with van der Waals surface area (Å²) in [6.07, 6.45) is 7.14. The zero-order valence-electron chi connectivity index (χ0n) is 13.4. The molecule has 0 heterocycles. The molecule has 116 valence electrons. The molecule has 0 radical (unpaired) electrons. The topological polar surface area (TPSA) is 32.3 Å². The number of rotatable bonds is 6. The quantitative estimate of drug-likeness (QED) is 0.866. The highest BCUT2D eigenvalue weighted by Gasteiger charge is 2.16. The smallest absolute Gasteiger partial charge is 0.228 e. The van der Waals surface area contributed by atoms with Gasteiger partial charge in [-0.3, -0.25) is 4.79 Å². The van der Waals surface area contributed by atoms with E-state index in [0.717, 1.165) is 18.8 Å². The fourth-order valence-corrected chi connectivity index (χ4v) is 3.12. The van der Waals surface area contributed by atoms with E-state index in [1.54, 1.807) is 0 Å². The second-order valence-corrected chi connectivity index (χ2v) is 6.02. The molecule has 0 atom stereocenters. The number of hydrogen-bond donors (Lipinski definition) is 1. The van der Waals surface area contributed by atoms with Crippen LogP contribution in [0.5, 0.6) is 0 Å². The number of carbonyl (C=O) groups excluding carboxylic acids is 1. The van der Waals surface area contributed by atoms with Gasteiger partial charge < -0.3 is 10.2 Å². The highest BCUT2D eigenvalue weighted by Crippen LogP contribution is 2.18. The van der Waals surface area contributed by atoms with E-state index in [4.69, 9.17) is 0 Å². The minimum atomic E-state index is 0.214. The molecule has 1 fully saturated rings. The molecule has 0 unspecified atom stereocenters. The number of amides is 1. The van der Waals surface area contributed by atoms with Crippen molar-refractivity contribution in [3.05, 3.63) is 29.8 Å². The summed E-state index contributed by atoms with van der Waals surface area (Å²) in [5.74, 6) is 0.214. The Morgan fingerprint density at radius 2 is 2.05 bits per heavy atom. The lowest BCUT2D eigenvalue weighted by Gasteiger charge is -2.24.